The molecular weight excluding hydrogens is 304 g/mol. The molecule has 1 unspecified atom stereocenters. The van der Waals surface area contributed by atoms with Crippen LogP contribution in [0.25, 0.3) is 0 Å². The zero-order chi connectivity index (χ0) is 15.8. The van der Waals surface area contributed by atoms with Crippen molar-refractivity contribution in [1.29, 1.82) is 0 Å². The first-order valence-electron chi connectivity index (χ1n) is 5.40. The van der Waals surface area contributed by atoms with Crippen molar-refractivity contribution in [1.82, 2.24) is 10.1 Å². The maximum Gasteiger partial charge on any atom is 0.416 e. The van der Waals surface area contributed by atoms with Gasteiger partial charge in [0.25, 0.3) is 0 Å². The molecule has 1 heterocycles. The Balaban J connectivity index is 2.55. The Kier molecular flexibility index (Phi) is 3.66. The van der Waals surface area contributed by atoms with Gasteiger partial charge in [0.2, 0.25) is 6.39 Å². The van der Waals surface area contributed by atoms with Crippen LogP contribution in [0.3, 0.4) is 0 Å². The molecule has 21 heavy (non-hydrogen) atoms. The van der Waals surface area contributed by atoms with Gasteiger partial charge in [-0.25, -0.2) is 0 Å². The lowest BCUT2D eigenvalue weighted by Gasteiger charge is -2.16. The van der Waals surface area contributed by atoms with E-state index < -0.39 is 35.1 Å². The number of nitrogens with zero attached hydrogens (tertiary/aromatic N) is 2. The van der Waals surface area contributed by atoms with Gasteiger partial charge in [0.05, 0.1) is 17.2 Å². The number of alkyl halides is 6. The molecule has 0 saturated heterocycles. The average Bonchev–Trinajstić information content (AvgIpc) is 2.89. The number of halogens is 6. The van der Waals surface area contributed by atoms with Gasteiger partial charge in [-0.2, -0.15) is 31.3 Å². The minimum Gasteiger partial charge on any atom is -0.343 e. The van der Waals surface area contributed by atoms with E-state index in [4.69, 9.17) is 5.73 Å². The fraction of sp³-hybridized carbons (Fsp3) is 0.273. The minimum atomic E-state index is -4.94. The summed E-state index contributed by atoms with van der Waals surface area (Å²) in [6, 6.07) is -0.300. The molecule has 0 bridgehead atoms. The van der Waals surface area contributed by atoms with Gasteiger partial charge >= 0.3 is 12.4 Å². The second-order valence-corrected chi connectivity index (χ2v) is 4.11. The van der Waals surface area contributed by atoms with Crippen molar-refractivity contribution in [3.05, 3.63) is 47.1 Å². The molecule has 0 fully saturated rings. The summed E-state index contributed by atoms with van der Waals surface area (Å²) in [6.45, 7) is 0. The molecule has 2 aromatic rings. The Morgan fingerprint density at radius 1 is 0.952 bits per heavy atom. The zero-order valence-electron chi connectivity index (χ0n) is 10.0. The first kappa shape index (κ1) is 15.3. The van der Waals surface area contributed by atoms with Crippen LogP contribution < -0.4 is 5.73 Å². The number of hydrogen-bond acceptors (Lipinski definition) is 4. The van der Waals surface area contributed by atoms with E-state index in [1.165, 1.54) is 0 Å². The Hall–Kier alpha value is -2.10. The second-order valence-electron chi connectivity index (χ2n) is 4.11. The van der Waals surface area contributed by atoms with Crippen molar-refractivity contribution in [3.63, 3.8) is 0 Å². The minimum absolute atomic E-state index is 0.0203. The van der Waals surface area contributed by atoms with Crippen molar-refractivity contribution < 1.29 is 30.9 Å². The molecule has 0 aliphatic carbocycles. The van der Waals surface area contributed by atoms with Crippen molar-refractivity contribution in [3.8, 4) is 0 Å². The third-order valence-electron chi connectivity index (χ3n) is 2.63. The second kappa shape index (κ2) is 5.02. The Morgan fingerprint density at radius 2 is 1.48 bits per heavy atom. The number of nitrogens with two attached hydrogens (primary N) is 1. The molecule has 0 aliphatic heterocycles. The maximum atomic E-state index is 12.7. The summed E-state index contributed by atoms with van der Waals surface area (Å²) in [5.41, 5.74) is 2.24. The maximum absolute atomic E-state index is 12.7. The van der Waals surface area contributed by atoms with E-state index in [0.29, 0.717) is 12.1 Å². The lowest BCUT2D eigenvalue weighted by atomic mass is 9.99. The van der Waals surface area contributed by atoms with Crippen molar-refractivity contribution in [2.75, 3.05) is 0 Å². The molecular formula is C11H7F6N3O. The summed E-state index contributed by atoms with van der Waals surface area (Å²) >= 11 is 0. The Bertz CT molecular complexity index is 588. The number of hydrogen-bond donors (Lipinski definition) is 1. The first-order valence-corrected chi connectivity index (χ1v) is 5.40. The largest absolute Gasteiger partial charge is 0.416 e. The Morgan fingerprint density at radius 3 is 1.86 bits per heavy atom. The fourth-order valence-electron chi connectivity index (χ4n) is 1.62. The normalized spacial score (nSPS) is 14.2. The standard InChI is InChI=1S/C11H7F6N3O/c12-10(13,14)6-1-5(2-7(3-6)11(15,16)17)8(18)9-19-4-21-20-9/h1-4,8H,18H2. The van der Waals surface area contributed by atoms with Gasteiger partial charge in [-0.1, -0.05) is 5.16 Å². The van der Waals surface area contributed by atoms with E-state index in [9.17, 15) is 26.3 Å². The number of aromatic nitrogens is 2. The predicted octanol–water partition coefficient (Wildman–Crippen LogP) is 3.16. The van der Waals surface area contributed by atoms with Crippen LogP contribution in [0.15, 0.2) is 29.1 Å². The van der Waals surface area contributed by atoms with Gasteiger partial charge in [-0.15, -0.1) is 0 Å². The molecule has 1 aromatic carbocycles. The summed E-state index contributed by atoms with van der Waals surface area (Å²) < 4.78 is 80.5. The molecule has 1 aromatic heterocycles. The van der Waals surface area contributed by atoms with Gasteiger partial charge in [0, 0.05) is 0 Å². The summed E-state index contributed by atoms with van der Waals surface area (Å²) in [7, 11) is 0. The highest BCUT2D eigenvalue weighted by atomic mass is 19.4. The van der Waals surface area contributed by atoms with E-state index in [1.54, 1.807) is 0 Å². The van der Waals surface area contributed by atoms with Crippen LogP contribution in [0.1, 0.15) is 28.6 Å². The first-order chi connectivity index (χ1) is 9.59. The van der Waals surface area contributed by atoms with Crippen LogP contribution in [0, 0.1) is 0 Å². The lowest BCUT2D eigenvalue weighted by Crippen LogP contribution is -2.18. The van der Waals surface area contributed by atoms with Crippen molar-refractivity contribution in [2.45, 2.75) is 18.4 Å². The highest BCUT2D eigenvalue weighted by Gasteiger charge is 2.37. The quantitative estimate of drug-likeness (QED) is 0.865. The smallest absolute Gasteiger partial charge is 0.343 e. The monoisotopic (exact) mass is 311 g/mol. The van der Waals surface area contributed by atoms with Gasteiger partial charge in [0.15, 0.2) is 5.82 Å². The van der Waals surface area contributed by atoms with Crippen LogP contribution in [0.5, 0.6) is 0 Å². The molecule has 0 aliphatic rings. The predicted molar refractivity (Wildman–Crippen MR) is 56.8 cm³/mol. The molecule has 114 valence electrons. The molecule has 2 rings (SSSR count). The van der Waals surface area contributed by atoms with E-state index >= 15 is 0 Å². The molecule has 0 saturated carbocycles. The molecule has 0 radical (unpaired) electrons. The van der Waals surface area contributed by atoms with Crippen LogP contribution >= 0.6 is 0 Å². The number of rotatable bonds is 2. The SMILES string of the molecule is NC(c1cc(C(F)(F)F)cc(C(F)(F)F)c1)c1ncon1. The summed E-state index contributed by atoms with van der Waals surface area (Å²) in [5.74, 6) is -0.220. The molecule has 1 atom stereocenters. The van der Waals surface area contributed by atoms with E-state index in [0.717, 1.165) is 6.39 Å². The molecule has 0 amide bonds. The zero-order valence-corrected chi connectivity index (χ0v) is 10.0. The summed E-state index contributed by atoms with van der Waals surface area (Å²) in [4.78, 5) is 3.51. The molecule has 0 spiro atoms. The van der Waals surface area contributed by atoms with Crippen molar-refractivity contribution in [2.24, 2.45) is 5.73 Å². The van der Waals surface area contributed by atoms with Gasteiger partial charge < -0.3 is 10.3 Å². The van der Waals surface area contributed by atoms with Crippen LogP contribution in [-0.4, -0.2) is 10.1 Å². The topological polar surface area (TPSA) is 64.9 Å². The highest BCUT2D eigenvalue weighted by Crippen LogP contribution is 2.37. The van der Waals surface area contributed by atoms with E-state index in [2.05, 4.69) is 14.7 Å². The van der Waals surface area contributed by atoms with Crippen LogP contribution in [0.2, 0.25) is 0 Å². The average molecular weight is 311 g/mol. The summed E-state index contributed by atoms with van der Waals surface area (Å²) in [5, 5.41) is 3.30. The summed E-state index contributed by atoms with van der Waals surface area (Å²) in [6.07, 6.45) is -9.01. The number of benzene rings is 1. The molecule has 10 heteroatoms. The van der Waals surface area contributed by atoms with Crippen LogP contribution in [0.4, 0.5) is 26.3 Å². The molecule has 2 N–H and O–H groups in total. The van der Waals surface area contributed by atoms with E-state index in [1.807, 2.05) is 0 Å². The third kappa shape index (κ3) is 3.32. The van der Waals surface area contributed by atoms with Gasteiger partial charge in [-0.3, -0.25) is 0 Å². The van der Waals surface area contributed by atoms with E-state index in [-0.39, 0.29) is 11.9 Å². The van der Waals surface area contributed by atoms with Gasteiger partial charge in [-0.05, 0) is 23.8 Å². The van der Waals surface area contributed by atoms with Crippen LogP contribution in [-0.2, 0) is 12.4 Å². The third-order valence-corrected chi connectivity index (χ3v) is 2.63. The molecule has 4 nitrogen and oxygen atoms in total. The van der Waals surface area contributed by atoms with Gasteiger partial charge in [0.1, 0.15) is 0 Å². The van der Waals surface area contributed by atoms with Crippen molar-refractivity contribution >= 4 is 0 Å². The lowest BCUT2D eigenvalue weighted by molar-refractivity contribution is -0.143. The highest BCUT2D eigenvalue weighted by molar-refractivity contribution is 5.36. The Labute approximate surface area is 113 Å². The fourth-order valence-corrected chi connectivity index (χ4v) is 1.62.